The maximum absolute atomic E-state index is 6.50. The largest absolute Gasteiger partial charge is 0.417 e. The number of hydroxylamine groups is 1. The summed E-state index contributed by atoms with van der Waals surface area (Å²) in [5.74, 6) is 0. The average Bonchev–Trinajstić information content (AvgIpc) is 2.23. The first kappa shape index (κ1) is 5.99. The monoisotopic (exact) mass is 98.0 g/mol. The van der Waals surface area contributed by atoms with E-state index in [0.717, 1.165) is 6.54 Å². The fourth-order valence-electron chi connectivity index (χ4n) is 0.241. The summed E-state index contributed by atoms with van der Waals surface area (Å²) >= 11 is 0. The zero-order valence-corrected chi connectivity index (χ0v) is 3.79. The van der Waals surface area contributed by atoms with Crippen molar-refractivity contribution in [2.75, 3.05) is 6.54 Å². The summed E-state index contributed by atoms with van der Waals surface area (Å²) in [6.07, 6.45) is 3.53. The van der Waals surface area contributed by atoms with Crippen molar-refractivity contribution in [3.8, 4) is 6.57 Å². The molecule has 0 aromatic heterocycles. The second-order valence-electron chi connectivity index (χ2n) is 0.838. The molecular weight excluding hydrogens is 92.1 g/mol. The zero-order chi connectivity index (χ0) is 5.54. The molecule has 0 atom stereocenters. The third-order valence-corrected chi connectivity index (χ3v) is 0.449. The van der Waals surface area contributed by atoms with Crippen LogP contribution in [-0.2, 0) is 4.84 Å². The van der Waals surface area contributed by atoms with E-state index < -0.39 is 0 Å². The van der Waals surface area contributed by atoms with Crippen LogP contribution in [0, 0.1) is 11.8 Å². The van der Waals surface area contributed by atoms with Crippen LogP contribution in [0.25, 0.3) is 0 Å². The summed E-state index contributed by atoms with van der Waals surface area (Å²) < 4.78 is 0. The average molecular weight is 98.1 g/mol. The first-order valence-corrected chi connectivity index (χ1v) is 1.79. The molecule has 0 aromatic carbocycles. The molecule has 0 aromatic rings. The molecule has 0 fully saturated rings. The molecule has 1 N–H and O–H groups in total. The van der Waals surface area contributed by atoms with Crippen molar-refractivity contribution in [1.82, 2.24) is 5.48 Å². The van der Waals surface area contributed by atoms with E-state index >= 15 is 0 Å². The van der Waals surface area contributed by atoms with Gasteiger partial charge in [0.15, 0.2) is 0 Å². The van der Waals surface area contributed by atoms with Crippen molar-refractivity contribution in [3.05, 3.63) is 12.3 Å². The summed E-state index contributed by atoms with van der Waals surface area (Å²) in [6, 6.07) is 0. The molecule has 1 aliphatic heterocycles. The highest BCUT2D eigenvalue weighted by atomic mass is 16.6. The summed E-state index contributed by atoms with van der Waals surface area (Å²) in [6.45, 7) is 4.35. The molecule has 7 heavy (non-hydrogen) atoms. The van der Waals surface area contributed by atoms with Crippen LogP contribution in [-0.4, -0.2) is 6.54 Å². The number of nitrogens with zero attached hydrogens (tertiary/aromatic N) is 1. The van der Waals surface area contributed by atoms with Gasteiger partial charge in [-0.3, -0.25) is 0 Å². The minimum atomic E-state index is 0.847. The van der Waals surface area contributed by atoms with Gasteiger partial charge < -0.3 is 4.84 Å². The summed E-state index contributed by atoms with van der Waals surface area (Å²) in [5.41, 5.74) is 2.61. The Morgan fingerprint density at radius 3 is 2.57 bits per heavy atom. The molecule has 0 radical (unpaired) electrons. The molecule has 0 saturated heterocycles. The van der Waals surface area contributed by atoms with Crippen LogP contribution < -0.4 is 5.48 Å². The van der Waals surface area contributed by atoms with Crippen LogP contribution in [0.4, 0.5) is 0 Å². The second kappa shape index (κ2) is 4.99. The van der Waals surface area contributed by atoms with E-state index in [4.69, 9.17) is 5.26 Å². The SMILES string of the molecule is C#N.C1=CONC1. The van der Waals surface area contributed by atoms with Gasteiger partial charge in [0, 0.05) is 6.57 Å². The predicted octanol–water partition coefficient (Wildman–Crippen LogP) is 0.175. The Balaban J connectivity index is 0.000000162. The van der Waals surface area contributed by atoms with Crippen LogP contribution in [0.2, 0.25) is 0 Å². The van der Waals surface area contributed by atoms with Crippen LogP contribution in [0.3, 0.4) is 0 Å². The van der Waals surface area contributed by atoms with Gasteiger partial charge in [0.05, 0.1) is 6.54 Å². The van der Waals surface area contributed by atoms with Crippen LogP contribution in [0.5, 0.6) is 0 Å². The van der Waals surface area contributed by atoms with Gasteiger partial charge >= 0.3 is 0 Å². The van der Waals surface area contributed by atoms with Crippen molar-refractivity contribution in [2.45, 2.75) is 0 Å². The van der Waals surface area contributed by atoms with Gasteiger partial charge in [-0.1, -0.05) is 0 Å². The standard InChI is InChI=1S/C3H5NO.CHN/c1-2-4-5-3-1;1-2/h1,3-4H,2H2;1H. The van der Waals surface area contributed by atoms with E-state index in [1.165, 1.54) is 0 Å². The third-order valence-electron chi connectivity index (χ3n) is 0.449. The lowest BCUT2D eigenvalue weighted by Gasteiger charge is -1.82. The lowest BCUT2D eigenvalue weighted by molar-refractivity contribution is 0.168. The van der Waals surface area contributed by atoms with Crippen molar-refractivity contribution < 1.29 is 4.84 Å². The van der Waals surface area contributed by atoms with Gasteiger partial charge in [0.25, 0.3) is 0 Å². The fourth-order valence-corrected chi connectivity index (χ4v) is 0.241. The molecule has 0 saturated carbocycles. The van der Waals surface area contributed by atoms with E-state index in [-0.39, 0.29) is 0 Å². The number of hydrogen-bond acceptors (Lipinski definition) is 3. The molecule has 1 aliphatic rings. The van der Waals surface area contributed by atoms with Crippen LogP contribution in [0.1, 0.15) is 0 Å². The number of nitriles is 1. The van der Waals surface area contributed by atoms with Crippen LogP contribution in [0.15, 0.2) is 12.3 Å². The van der Waals surface area contributed by atoms with E-state index in [1.807, 2.05) is 6.08 Å². The Morgan fingerprint density at radius 1 is 1.71 bits per heavy atom. The summed E-state index contributed by atoms with van der Waals surface area (Å²) in [7, 11) is 0. The van der Waals surface area contributed by atoms with Gasteiger partial charge in [0.1, 0.15) is 6.26 Å². The molecule has 38 valence electrons. The number of rotatable bonds is 0. The Bertz CT molecular complexity index is 71.0. The first-order valence-electron chi connectivity index (χ1n) is 1.79. The summed E-state index contributed by atoms with van der Waals surface area (Å²) in [4.78, 5) is 4.51. The maximum Gasteiger partial charge on any atom is 0.108 e. The Labute approximate surface area is 42.2 Å². The second-order valence-corrected chi connectivity index (χ2v) is 0.838. The minimum absolute atomic E-state index is 0.847. The quantitative estimate of drug-likeness (QED) is 0.470. The zero-order valence-electron chi connectivity index (χ0n) is 3.79. The van der Waals surface area contributed by atoms with Gasteiger partial charge in [-0.05, 0) is 6.08 Å². The molecule has 0 aliphatic carbocycles. The molecule has 0 unspecified atom stereocenters. The maximum atomic E-state index is 6.50. The van der Waals surface area contributed by atoms with Gasteiger partial charge in [0.2, 0.25) is 0 Å². The van der Waals surface area contributed by atoms with Gasteiger partial charge in [-0.15, -0.1) is 0 Å². The number of nitrogens with one attached hydrogen (secondary N) is 1. The lowest BCUT2D eigenvalue weighted by atomic mass is 10.7. The normalized spacial score (nSPS) is 14.0. The van der Waals surface area contributed by atoms with Crippen molar-refractivity contribution >= 4 is 0 Å². The van der Waals surface area contributed by atoms with Gasteiger partial charge in [-0.2, -0.15) is 5.48 Å². The topological polar surface area (TPSA) is 45.0 Å². The number of hydrogen-bond donors (Lipinski definition) is 1. The molecule has 1 rings (SSSR count). The fraction of sp³-hybridized carbons (Fsp3) is 0.250. The van der Waals surface area contributed by atoms with E-state index in [1.54, 1.807) is 6.26 Å². The predicted molar refractivity (Wildman–Crippen MR) is 24.9 cm³/mol. The smallest absolute Gasteiger partial charge is 0.108 e. The van der Waals surface area contributed by atoms with E-state index in [2.05, 4.69) is 16.9 Å². The molecule has 1 heterocycles. The molecule has 0 spiro atoms. The van der Waals surface area contributed by atoms with Crippen LogP contribution >= 0.6 is 0 Å². The molecule has 3 nitrogen and oxygen atoms in total. The highest BCUT2D eigenvalue weighted by Crippen LogP contribution is 1.77. The molecule has 3 heteroatoms. The highest BCUT2D eigenvalue weighted by molar-refractivity contribution is 4.78. The van der Waals surface area contributed by atoms with Crippen molar-refractivity contribution in [3.63, 3.8) is 0 Å². The first-order chi connectivity index (χ1) is 3.50. The van der Waals surface area contributed by atoms with Crippen molar-refractivity contribution in [1.29, 1.82) is 5.26 Å². The van der Waals surface area contributed by atoms with Gasteiger partial charge in [-0.25, -0.2) is 5.26 Å². The molecular formula is C4H6N2O. The van der Waals surface area contributed by atoms with E-state index in [9.17, 15) is 0 Å². The Kier molecular flexibility index (Phi) is 4.27. The van der Waals surface area contributed by atoms with Crippen molar-refractivity contribution in [2.24, 2.45) is 0 Å². The lowest BCUT2D eigenvalue weighted by Crippen LogP contribution is -2.02. The minimum Gasteiger partial charge on any atom is -0.417 e. The van der Waals surface area contributed by atoms with E-state index in [0.29, 0.717) is 0 Å². The molecule has 0 amide bonds. The highest BCUT2D eigenvalue weighted by Gasteiger charge is 1.81. The third kappa shape index (κ3) is 2.80. The molecule has 0 bridgehead atoms. The summed E-state index contributed by atoms with van der Waals surface area (Å²) in [5, 5.41) is 6.50. The Hall–Kier alpha value is -1.01. The Morgan fingerprint density at radius 2 is 2.43 bits per heavy atom.